The number of ketones is 2. The van der Waals surface area contributed by atoms with E-state index in [9.17, 15) is 14.4 Å². The van der Waals surface area contributed by atoms with Crippen LogP contribution in [-0.4, -0.2) is 17.5 Å². The molecule has 0 atom stereocenters. The summed E-state index contributed by atoms with van der Waals surface area (Å²) in [6, 6.07) is 14.0. The highest BCUT2D eigenvalue weighted by molar-refractivity contribution is 8.04. The third-order valence-electron chi connectivity index (χ3n) is 3.67. The van der Waals surface area contributed by atoms with Gasteiger partial charge in [-0.15, -0.1) is 0 Å². The van der Waals surface area contributed by atoms with Gasteiger partial charge in [0.15, 0.2) is 5.78 Å². The monoisotopic (exact) mass is 386 g/mol. The molecule has 1 heterocycles. The molecule has 3 rings (SSSR count). The van der Waals surface area contributed by atoms with Gasteiger partial charge in [-0.3, -0.25) is 14.4 Å². The van der Waals surface area contributed by atoms with E-state index in [1.807, 2.05) is 24.3 Å². The summed E-state index contributed by atoms with van der Waals surface area (Å²) in [5.74, 6) is -2.02. The molecule has 2 aromatic rings. The van der Waals surface area contributed by atoms with Crippen molar-refractivity contribution in [3.63, 3.8) is 0 Å². The summed E-state index contributed by atoms with van der Waals surface area (Å²) in [4.78, 5) is 38.0. The lowest BCUT2D eigenvalue weighted by Crippen LogP contribution is -2.26. The zero-order valence-electron chi connectivity index (χ0n) is 13.8. The van der Waals surface area contributed by atoms with E-state index in [-0.39, 0.29) is 5.78 Å². The molecule has 1 aliphatic heterocycles. The minimum Gasteiger partial charge on any atom is -0.357 e. The lowest BCUT2D eigenvalue weighted by atomic mass is 10.1. The number of benzene rings is 2. The summed E-state index contributed by atoms with van der Waals surface area (Å²) in [7, 11) is 0. The summed E-state index contributed by atoms with van der Waals surface area (Å²) in [5.41, 5.74) is 1.99. The molecule has 0 bridgehead atoms. The summed E-state index contributed by atoms with van der Waals surface area (Å²) >= 11 is 7.14. The molecule has 0 saturated carbocycles. The van der Waals surface area contributed by atoms with E-state index in [0.717, 1.165) is 10.6 Å². The molecule has 0 fully saturated rings. The van der Waals surface area contributed by atoms with Gasteiger partial charge in [-0.25, -0.2) is 0 Å². The average Bonchev–Trinajstić information content (AvgIpc) is 2.61. The second-order valence-corrected chi connectivity index (χ2v) is 7.15. The summed E-state index contributed by atoms with van der Waals surface area (Å²) in [5, 5.41) is 6.05. The fourth-order valence-electron chi connectivity index (χ4n) is 2.44. The summed E-state index contributed by atoms with van der Waals surface area (Å²) in [6.45, 7) is 1.77. The fourth-order valence-corrected chi connectivity index (χ4v) is 3.62. The number of carbonyl (C=O) groups is 3. The molecule has 0 aliphatic carbocycles. The second kappa shape index (κ2) is 7.76. The van der Waals surface area contributed by atoms with Gasteiger partial charge < -0.3 is 10.6 Å². The largest absolute Gasteiger partial charge is 0.357 e. The van der Waals surface area contributed by atoms with Crippen molar-refractivity contribution in [3.8, 4) is 0 Å². The van der Waals surface area contributed by atoms with E-state index in [1.54, 1.807) is 25.1 Å². The third-order valence-corrected chi connectivity index (χ3v) is 5.22. The first kappa shape index (κ1) is 18.2. The fraction of sp³-hybridized carbons (Fsp3) is 0.105. The van der Waals surface area contributed by atoms with Crippen molar-refractivity contribution < 1.29 is 14.4 Å². The number of allylic oxidation sites excluding steroid dienone is 2. The minimum absolute atomic E-state index is 0.388. The average molecular weight is 387 g/mol. The van der Waals surface area contributed by atoms with Crippen molar-refractivity contribution in [2.45, 2.75) is 18.2 Å². The van der Waals surface area contributed by atoms with Gasteiger partial charge in [0.25, 0.3) is 5.91 Å². The molecule has 132 valence electrons. The van der Waals surface area contributed by atoms with Crippen LogP contribution in [0, 0.1) is 0 Å². The van der Waals surface area contributed by atoms with Crippen LogP contribution < -0.4 is 10.6 Å². The van der Waals surface area contributed by atoms with Crippen LogP contribution in [0.5, 0.6) is 0 Å². The Morgan fingerprint density at radius 2 is 1.88 bits per heavy atom. The number of Topliss-reactive ketones (excluding diaryl/α,β-unsaturated/α-hetero) is 2. The van der Waals surface area contributed by atoms with E-state index in [0.29, 0.717) is 21.3 Å². The van der Waals surface area contributed by atoms with Crippen LogP contribution in [0.1, 0.15) is 13.3 Å². The maximum Gasteiger partial charge on any atom is 0.292 e. The Morgan fingerprint density at radius 3 is 2.65 bits per heavy atom. The number of nitrogens with one attached hydrogen (secondary N) is 2. The first-order chi connectivity index (χ1) is 12.4. The number of rotatable bonds is 5. The predicted molar refractivity (Wildman–Crippen MR) is 103 cm³/mol. The molecule has 26 heavy (non-hydrogen) atoms. The topological polar surface area (TPSA) is 75.3 Å². The van der Waals surface area contributed by atoms with Crippen molar-refractivity contribution in [1.82, 2.24) is 0 Å². The highest BCUT2D eigenvalue weighted by atomic mass is 35.5. The normalized spacial score (nSPS) is 12.8. The number of thioether (sulfide) groups is 1. The SMILES string of the molecule is CC1=C(C(=O)CC(=O)C(=O)Nc2cccc(Cl)c2)Sc2ccccc2N1. The van der Waals surface area contributed by atoms with E-state index < -0.39 is 18.1 Å². The Labute approximate surface area is 159 Å². The number of fused-ring (bicyclic) bond motifs is 1. The highest BCUT2D eigenvalue weighted by Crippen LogP contribution is 2.40. The second-order valence-electron chi connectivity index (χ2n) is 5.66. The van der Waals surface area contributed by atoms with Crippen LogP contribution in [0.2, 0.25) is 5.02 Å². The smallest absolute Gasteiger partial charge is 0.292 e. The first-order valence-corrected chi connectivity index (χ1v) is 9.01. The molecule has 0 spiro atoms. The number of hydrogen-bond donors (Lipinski definition) is 2. The van der Waals surface area contributed by atoms with Crippen LogP contribution in [0.25, 0.3) is 0 Å². The van der Waals surface area contributed by atoms with E-state index >= 15 is 0 Å². The van der Waals surface area contributed by atoms with Crippen LogP contribution in [0.15, 0.2) is 64.0 Å². The summed E-state index contributed by atoms with van der Waals surface area (Å²) in [6.07, 6.45) is -0.490. The molecule has 7 heteroatoms. The lowest BCUT2D eigenvalue weighted by molar-refractivity contribution is -0.136. The molecule has 0 saturated heterocycles. The van der Waals surface area contributed by atoms with Gasteiger partial charge in [0.2, 0.25) is 5.78 Å². The van der Waals surface area contributed by atoms with Crippen molar-refractivity contribution in [3.05, 3.63) is 64.2 Å². The number of hydrogen-bond acceptors (Lipinski definition) is 5. The quantitative estimate of drug-likeness (QED) is 0.593. The molecule has 2 N–H and O–H groups in total. The van der Waals surface area contributed by atoms with Crippen molar-refractivity contribution in [2.24, 2.45) is 0 Å². The maximum absolute atomic E-state index is 12.5. The van der Waals surface area contributed by atoms with Gasteiger partial charge >= 0.3 is 0 Å². The highest BCUT2D eigenvalue weighted by Gasteiger charge is 2.25. The Kier molecular flexibility index (Phi) is 5.44. The molecule has 0 radical (unpaired) electrons. The number of halogens is 1. The lowest BCUT2D eigenvalue weighted by Gasteiger charge is -2.21. The number of amides is 1. The van der Waals surface area contributed by atoms with Crippen molar-refractivity contribution in [2.75, 3.05) is 10.6 Å². The number of anilines is 2. The van der Waals surface area contributed by atoms with Crippen LogP contribution in [0.4, 0.5) is 11.4 Å². The predicted octanol–water partition coefficient (Wildman–Crippen LogP) is 4.26. The molecule has 0 aromatic heterocycles. The van der Waals surface area contributed by atoms with Crippen LogP contribution in [-0.2, 0) is 14.4 Å². The first-order valence-electron chi connectivity index (χ1n) is 7.82. The van der Waals surface area contributed by atoms with Crippen molar-refractivity contribution >= 4 is 52.2 Å². The Hall–Kier alpha value is -2.57. The molecule has 5 nitrogen and oxygen atoms in total. The molecular weight excluding hydrogens is 372 g/mol. The number of para-hydroxylation sites is 1. The zero-order chi connectivity index (χ0) is 18.7. The standard InChI is InChI=1S/C19H15ClN2O3S/c1-11-18(26-17-8-3-2-7-14(17)21-11)15(23)10-16(24)19(25)22-13-6-4-5-12(20)9-13/h2-9,21H,10H2,1H3,(H,22,25). The van der Waals surface area contributed by atoms with Gasteiger partial charge in [0.05, 0.1) is 17.0 Å². The van der Waals surface area contributed by atoms with Crippen molar-refractivity contribution in [1.29, 1.82) is 0 Å². The minimum atomic E-state index is -0.840. The molecule has 1 amide bonds. The van der Waals surface area contributed by atoms with E-state index in [4.69, 9.17) is 11.6 Å². The Bertz CT molecular complexity index is 940. The zero-order valence-corrected chi connectivity index (χ0v) is 15.4. The molecule has 1 aliphatic rings. The number of carbonyl (C=O) groups excluding carboxylic acids is 3. The van der Waals surface area contributed by atoms with Gasteiger partial charge in [-0.2, -0.15) is 0 Å². The third kappa shape index (κ3) is 4.15. The van der Waals surface area contributed by atoms with E-state index in [2.05, 4.69) is 10.6 Å². The Morgan fingerprint density at radius 1 is 1.12 bits per heavy atom. The van der Waals surface area contributed by atoms with Gasteiger partial charge in [-0.05, 0) is 37.3 Å². The maximum atomic E-state index is 12.5. The molecule has 0 unspecified atom stereocenters. The van der Waals surface area contributed by atoms with Crippen LogP contribution in [0.3, 0.4) is 0 Å². The van der Waals surface area contributed by atoms with Crippen LogP contribution >= 0.6 is 23.4 Å². The Balaban J connectivity index is 1.66. The summed E-state index contributed by atoms with van der Waals surface area (Å²) < 4.78 is 0. The van der Waals surface area contributed by atoms with Gasteiger partial charge in [0, 0.05) is 21.3 Å². The van der Waals surface area contributed by atoms with E-state index in [1.165, 1.54) is 17.8 Å². The van der Waals surface area contributed by atoms with Gasteiger partial charge in [0.1, 0.15) is 0 Å². The van der Waals surface area contributed by atoms with Gasteiger partial charge in [-0.1, -0.05) is 41.6 Å². The molecule has 2 aromatic carbocycles. The molecular formula is C19H15ClN2O3S.